The number of oxazole rings is 1. The van der Waals surface area contributed by atoms with E-state index < -0.39 is 0 Å². The number of anilines is 1. The molecule has 2 N–H and O–H groups in total. The monoisotopic (exact) mass is 347 g/mol. The van der Waals surface area contributed by atoms with Crippen LogP contribution in [0.2, 0.25) is 0 Å². The Kier molecular flexibility index (Phi) is 6.43. The molecule has 0 radical (unpaired) electrons. The smallest absolute Gasteiger partial charge is 0.256 e. The number of amides is 2. The minimum absolute atomic E-state index is 0.0684. The predicted octanol–water partition coefficient (Wildman–Crippen LogP) is 2.70. The summed E-state index contributed by atoms with van der Waals surface area (Å²) in [6.07, 6.45) is 0.828. The molecule has 2 rings (SSSR count). The molecule has 0 aliphatic rings. The molecule has 128 valence electrons. The largest absolute Gasteiger partial charge is 0.437 e. The van der Waals surface area contributed by atoms with Crippen molar-refractivity contribution in [3.63, 3.8) is 0 Å². The van der Waals surface area contributed by atoms with Crippen LogP contribution >= 0.6 is 11.8 Å². The Morgan fingerprint density at radius 3 is 2.62 bits per heavy atom. The fraction of sp³-hybridized carbons (Fsp3) is 0.353. The fourth-order valence-corrected chi connectivity index (χ4v) is 2.75. The van der Waals surface area contributed by atoms with E-state index in [-0.39, 0.29) is 24.1 Å². The summed E-state index contributed by atoms with van der Waals surface area (Å²) in [5.41, 5.74) is 2.65. The Balaban J connectivity index is 1.75. The van der Waals surface area contributed by atoms with E-state index in [1.807, 2.05) is 45.0 Å². The first-order chi connectivity index (χ1) is 11.5. The van der Waals surface area contributed by atoms with E-state index in [2.05, 4.69) is 15.6 Å². The Bertz CT molecular complexity index is 708. The highest BCUT2D eigenvalue weighted by Gasteiger charge is 2.11. The molecule has 0 unspecified atom stereocenters. The van der Waals surface area contributed by atoms with Crippen molar-refractivity contribution < 1.29 is 14.0 Å². The molecular formula is C17H21N3O3S. The Hall–Kier alpha value is -2.28. The van der Waals surface area contributed by atoms with Crippen LogP contribution in [0.3, 0.4) is 0 Å². The topological polar surface area (TPSA) is 84.2 Å². The lowest BCUT2D eigenvalue weighted by Crippen LogP contribution is -2.34. The number of carbonyl (C=O) groups is 2. The van der Waals surface area contributed by atoms with Gasteiger partial charge in [0.05, 0.1) is 18.0 Å². The van der Waals surface area contributed by atoms with Gasteiger partial charge in [0, 0.05) is 5.69 Å². The van der Waals surface area contributed by atoms with E-state index in [1.165, 1.54) is 11.8 Å². The van der Waals surface area contributed by atoms with Crippen LogP contribution < -0.4 is 10.6 Å². The van der Waals surface area contributed by atoms with Gasteiger partial charge in [-0.25, -0.2) is 4.98 Å². The van der Waals surface area contributed by atoms with Crippen molar-refractivity contribution >= 4 is 29.3 Å². The molecule has 0 saturated heterocycles. The summed E-state index contributed by atoms with van der Waals surface area (Å²) in [6, 6.07) is 7.61. The minimum Gasteiger partial charge on any atom is -0.437 e. The van der Waals surface area contributed by atoms with Gasteiger partial charge in [-0.1, -0.05) is 36.9 Å². The Labute approximate surface area is 145 Å². The van der Waals surface area contributed by atoms with Crippen molar-refractivity contribution in [2.45, 2.75) is 32.4 Å². The van der Waals surface area contributed by atoms with Gasteiger partial charge in [-0.15, -0.1) is 0 Å². The van der Waals surface area contributed by atoms with Gasteiger partial charge in [0.2, 0.25) is 11.8 Å². The minimum atomic E-state index is -0.253. The van der Waals surface area contributed by atoms with Crippen LogP contribution in [-0.2, 0) is 16.0 Å². The highest BCUT2D eigenvalue weighted by atomic mass is 32.2. The average Bonchev–Trinajstić information content (AvgIpc) is 2.89. The first-order valence-electron chi connectivity index (χ1n) is 7.71. The Morgan fingerprint density at radius 1 is 1.21 bits per heavy atom. The maximum Gasteiger partial charge on any atom is 0.256 e. The normalized spacial score (nSPS) is 10.5. The second-order valence-corrected chi connectivity index (χ2v) is 6.17. The predicted molar refractivity (Wildman–Crippen MR) is 94.2 cm³/mol. The number of aryl methyl sites for hydroxylation is 3. The molecule has 7 heteroatoms. The van der Waals surface area contributed by atoms with Crippen molar-refractivity contribution in [1.82, 2.24) is 10.3 Å². The summed E-state index contributed by atoms with van der Waals surface area (Å²) in [4.78, 5) is 27.9. The third kappa shape index (κ3) is 5.13. The number of nitrogens with one attached hydrogen (secondary N) is 2. The molecule has 0 aliphatic carbocycles. The van der Waals surface area contributed by atoms with E-state index in [0.717, 1.165) is 29.1 Å². The van der Waals surface area contributed by atoms with Crippen molar-refractivity contribution in [3.8, 4) is 0 Å². The van der Waals surface area contributed by atoms with Crippen LogP contribution in [0.4, 0.5) is 5.69 Å². The summed E-state index contributed by atoms with van der Waals surface area (Å²) in [5.74, 6) is 0.398. The molecular weight excluding hydrogens is 326 g/mol. The zero-order valence-corrected chi connectivity index (χ0v) is 14.8. The van der Waals surface area contributed by atoms with E-state index >= 15 is 0 Å². The van der Waals surface area contributed by atoms with Crippen molar-refractivity contribution in [1.29, 1.82) is 0 Å². The highest BCUT2D eigenvalue weighted by Crippen LogP contribution is 2.19. The summed E-state index contributed by atoms with van der Waals surface area (Å²) in [7, 11) is 0. The van der Waals surface area contributed by atoms with Gasteiger partial charge in [0.25, 0.3) is 5.22 Å². The van der Waals surface area contributed by atoms with Crippen molar-refractivity contribution in [3.05, 3.63) is 41.3 Å². The van der Waals surface area contributed by atoms with Gasteiger partial charge in [0.15, 0.2) is 0 Å². The first-order valence-corrected chi connectivity index (χ1v) is 8.69. The summed E-state index contributed by atoms with van der Waals surface area (Å²) in [5, 5.41) is 5.86. The third-order valence-electron chi connectivity index (χ3n) is 3.45. The number of aromatic nitrogens is 1. The number of carbonyl (C=O) groups excluding carboxylic acids is 2. The van der Waals surface area contributed by atoms with E-state index in [1.54, 1.807) is 0 Å². The molecule has 2 amide bonds. The number of thioether (sulfide) groups is 1. The van der Waals surface area contributed by atoms with Crippen molar-refractivity contribution in [2.24, 2.45) is 0 Å². The van der Waals surface area contributed by atoms with Gasteiger partial charge in [0.1, 0.15) is 5.76 Å². The first kappa shape index (κ1) is 18.1. The van der Waals surface area contributed by atoms with E-state index in [0.29, 0.717) is 5.22 Å². The summed E-state index contributed by atoms with van der Waals surface area (Å²) < 4.78 is 5.39. The molecule has 0 atom stereocenters. The van der Waals surface area contributed by atoms with Crippen LogP contribution in [0.25, 0.3) is 0 Å². The van der Waals surface area contributed by atoms with Crippen LogP contribution in [0.1, 0.15) is 23.9 Å². The zero-order chi connectivity index (χ0) is 17.5. The third-order valence-corrected chi connectivity index (χ3v) is 4.28. The van der Waals surface area contributed by atoms with Gasteiger partial charge in [-0.3, -0.25) is 9.59 Å². The number of para-hydroxylation sites is 1. The molecule has 0 fully saturated rings. The molecule has 0 aliphatic heterocycles. The standard InChI is InChI=1S/C17H21N3O3S/c1-4-13-7-5-6-8-14(13)20-15(21)9-18-16(22)10-24-17-19-11(2)12(3)23-17/h5-8H,4,9-10H2,1-3H3,(H,18,22)(H,20,21). The van der Waals surface area contributed by atoms with Crippen LogP contribution in [0.5, 0.6) is 0 Å². The molecule has 6 nitrogen and oxygen atoms in total. The van der Waals surface area contributed by atoms with Crippen LogP contribution in [0, 0.1) is 13.8 Å². The quantitative estimate of drug-likeness (QED) is 0.752. The van der Waals surface area contributed by atoms with E-state index in [4.69, 9.17) is 4.42 Å². The van der Waals surface area contributed by atoms with Gasteiger partial charge in [-0.05, 0) is 31.9 Å². The second kappa shape index (κ2) is 8.54. The number of hydrogen-bond donors (Lipinski definition) is 2. The van der Waals surface area contributed by atoms with Gasteiger partial charge < -0.3 is 15.1 Å². The summed E-state index contributed by atoms with van der Waals surface area (Å²) in [6.45, 7) is 5.63. The Morgan fingerprint density at radius 2 is 1.96 bits per heavy atom. The average molecular weight is 347 g/mol. The molecule has 2 aromatic rings. The number of benzene rings is 1. The highest BCUT2D eigenvalue weighted by molar-refractivity contribution is 7.99. The second-order valence-electron chi connectivity index (χ2n) is 5.25. The fourth-order valence-electron chi connectivity index (χ4n) is 2.01. The molecule has 1 aromatic heterocycles. The van der Waals surface area contributed by atoms with Crippen molar-refractivity contribution in [2.75, 3.05) is 17.6 Å². The number of hydrogen-bond acceptors (Lipinski definition) is 5. The number of rotatable bonds is 7. The maximum absolute atomic E-state index is 11.9. The molecule has 0 saturated carbocycles. The molecule has 0 spiro atoms. The lowest BCUT2D eigenvalue weighted by atomic mass is 10.1. The number of nitrogens with zero attached hydrogens (tertiary/aromatic N) is 1. The van der Waals surface area contributed by atoms with E-state index in [9.17, 15) is 9.59 Å². The van der Waals surface area contributed by atoms with Crippen LogP contribution in [-0.4, -0.2) is 29.1 Å². The SMILES string of the molecule is CCc1ccccc1NC(=O)CNC(=O)CSc1nc(C)c(C)o1. The molecule has 0 bridgehead atoms. The van der Waals surface area contributed by atoms with Crippen LogP contribution in [0.15, 0.2) is 33.9 Å². The zero-order valence-electron chi connectivity index (χ0n) is 14.0. The lowest BCUT2D eigenvalue weighted by molar-refractivity contribution is -0.122. The molecule has 24 heavy (non-hydrogen) atoms. The maximum atomic E-state index is 11.9. The molecule has 1 aromatic carbocycles. The van der Waals surface area contributed by atoms with Gasteiger partial charge >= 0.3 is 0 Å². The lowest BCUT2D eigenvalue weighted by Gasteiger charge is -2.10. The molecule has 1 heterocycles. The van der Waals surface area contributed by atoms with Gasteiger partial charge in [-0.2, -0.15) is 0 Å². The summed E-state index contributed by atoms with van der Waals surface area (Å²) >= 11 is 1.20.